The zero-order valence-electron chi connectivity index (χ0n) is 13.0. The Morgan fingerprint density at radius 1 is 1.24 bits per heavy atom. The van der Waals surface area contributed by atoms with Crippen LogP contribution in [-0.2, 0) is 6.42 Å². The molecule has 1 saturated heterocycles. The molecule has 2 heterocycles. The molecule has 0 amide bonds. The second kappa shape index (κ2) is 6.02. The lowest BCUT2D eigenvalue weighted by molar-refractivity contribution is 0.00712. The van der Waals surface area contributed by atoms with Crippen molar-refractivity contribution in [1.29, 1.82) is 0 Å². The molecular formula is C18H28N2S. The molecule has 21 heavy (non-hydrogen) atoms. The molecule has 4 rings (SSSR count). The second-order valence-electron chi connectivity index (χ2n) is 7.44. The second-order valence-corrected chi connectivity index (χ2v) is 8.22. The lowest BCUT2D eigenvalue weighted by Crippen LogP contribution is -2.66. The van der Waals surface area contributed by atoms with Gasteiger partial charge in [0.1, 0.15) is 0 Å². The molecule has 1 aliphatic heterocycles. The topological polar surface area (TPSA) is 15.3 Å². The van der Waals surface area contributed by atoms with Gasteiger partial charge in [0.15, 0.2) is 0 Å². The Morgan fingerprint density at radius 2 is 2.10 bits per heavy atom. The monoisotopic (exact) mass is 304 g/mol. The Morgan fingerprint density at radius 3 is 2.81 bits per heavy atom. The number of rotatable bonds is 4. The van der Waals surface area contributed by atoms with Gasteiger partial charge in [0, 0.05) is 31.2 Å². The minimum Gasteiger partial charge on any atom is -0.311 e. The van der Waals surface area contributed by atoms with E-state index in [1.807, 2.05) is 11.3 Å². The summed E-state index contributed by atoms with van der Waals surface area (Å²) in [4.78, 5) is 2.89. The first-order valence-corrected chi connectivity index (χ1v) is 9.80. The van der Waals surface area contributed by atoms with Gasteiger partial charge in [-0.3, -0.25) is 4.90 Å². The van der Waals surface area contributed by atoms with Crippen molar-refractivity contribution in [2.24, 2.45) is 5.92 Å². The van der Waals surface area contributed by atoms with Crippen molar-refractivity contribution < 1.29 is 0 Å². The summed E-state index contributed by atoms with van der Waals surface area (Å²) in [6.45, 7) is 3.81. The van der Waals surface area contributed by atoms with Gasteiger partial charge < -0.3 is 5.32 Å². The van der Waals surface area contributed by atoms with E-state index in [0.29, 0.717) is 5.54 Å². The molecule has 0 aromatic carbocycles. The van der Waals surface area contributed by atoms with Gasteiger partial charge in [0.25, 0.3) is 0 Å². The lowest BCUT2D eigenvalue weighted by atomic mass is 9.78. The largest absolute Gasteiger partial charge is 0.311 e. The molecule has 3 heteroatoms. The summed E-state index contributed by atoms with van der Waals surface area (Å²) < 4.78 is 0. The van der Waals surface area contributed by atoms with E-state index in [0.717, 1.165) is 12.0 Å². The van der Waals surface area contributed by atoms with Gasteiger partial charge in [-0.1, -0.05) is 19.3 Å². The van der Waals surface area contributed by atoms with Crippen molar-refractivity contribution in [2.75, 3.05) is 19.6 Å². The predicted octanol–water partition coefficient (Wildman–Crippen LogP) is 3.68. The zero-order valence-corrected chi connectivity index (χ0v) is 13.8. The van der Waals surface area contributed by atoms with Gasteiger partial charge in [-0.15, -0.1) is 0 Å². The average Bonchev–Trinajstić information content (AvgIpc) is 3.24. The van der Waals surface area contributed by atoms with Crippen LogP contribution in [-0.4, -0.2) is 36.1 Å². The highest BCUT2D eigenvalue weighted by atomic mass is 32.1. The third-order valence-corrected chi connectivity index (χ3v) is 6.74. The Labute approximate surface area is 132 Å². The fourth-order valence-electron chi connectivity index (χ4n) is 4.47. The van der Waals surface area contributed by atoms with Crippen LogP contribution < -0.4 is 5.32 Å². The van der Waals surface area contributed by atoms with Crippen molar-refractivity contribution in [3.63, 3.8) is 0 Å². The molecule has 2 saturated carbocycles. The molecule has 3 aliphatic rings. The van der Waals surface area contributed by atoms with Crippen molar-refractivity contribution >= 4 is 11.3 Å². The molecule has 2 aliphatic carbocycles. The van der Waals surface area contributed by atoms with E-state index in [4.69, 9.17) is 0 Å². The molecule has 1 aromatic heterocycles. The van der Waals surface area contributed by atoms with E-state index >= 15 is 0 Å². The minimum absolute atomic E-state index is 0.486. The Balaban J connectivity index is 1.45. The highest BCUT2D eigenvalue weighted by molar-refractivity contribution is 7.07. The fourth-order valence-corrected chi connectivity index (χ4v) is 5.18. The zero-order chi connectivity index (χ0) is 14.1. The predicted molar refractivity (Wildman–Crippen MR) is 89.9 cm³/mol. The highest BCUT2D eigenvalue weighted by Crippen LogP contribution is 2.40. The van der Waals surface area contributed by atoms with E-state index in [-0.39, 0.29) is 0 Å². The van der Waals surface area contributed by atoms with E-state index < -0.39 is 0 Å². The average molecular weight is 305 g/mol. The third-order valence-electron chi connectivity index (χ3n) is 6.01. The number of nitrogens with zero attached hydrogens (tertiary/aromatic N) is 1. The maximum absolute atomic E-state index is 3.93. The summed E-state index contributed by atoms with van der Waals surface area (Å²) >= 11 is 1.84. The number of piperazine rings is 1. The van der Waals surface area contributed by atoms with Crippen LogP contribution in [0.25, 0.3) is 0 Å². The molecule has 1 unspecified atom stereocenters. The molecule has 0 radical (unpaired) electrons. The summed E-state index contributed by atoms with van der Waals surface area (Å²) in [6, 6.07) is 3.08. The van der Waals surface area contributed by atoms with Crippen molar-refractivity contribution in [3.05, 3.63) is 22.4 Å². The number of thiophene rings is 1. The van der Waals surface area contributed by atoms with Gasteiger partial charge >= 0.3 is 0 Å². The Bertz CT molecular complexity index is 446. The van der Waals surface area contributed by atoms with Gasteiger partial charge in [0.2, 0.25) is 0 Å². The summed E-state index contributed by atoms with van der Waals surface area (Å²) in [5, 5.41) is 8.47. The summed E-state index contributed by atoms with van der Waals surface area (Å²) in [5.74, 6) is 0.981. The Kier molecular flexibility index (Phi) is 4.08. The SMILES string of the molecule is c1cc(CCN2CC(C3CC3)NCC23CCCCC3)cs1. The molecule has 116 valence electrons. The van der Waals surface area contributed by atoms with Gasteiger partial charge in [-0.05, 0) is 60.4 Å². The van der Waals surface area contributed by atoms with Gasteiger partial charge in [-0.25, -0.2) is 0 Å². The first-order valence-electron chi connectivity index (χ1n) is 8.85. The fraction of sp³-hybridized carbons (Fsp3) is 0.778. The van der Waals surface area contributed by atoms with Crippen molar-refractivity contribution in [1.82, 2.24) is 10.2 Å². The maximum atomic E-state index is 3.93. The van der Waals surface area contributed by atoms with Crippen LogP contribution in [0.2, 0.25) is 0 Å². The van der Waals surface area contributed by atoms with Crippen LogP contribution in [0.5, 0.6) is 0 Å². The first-order chi connectivity index (χ1) is 10.4. The smallest absolute Gasteiger partial charge is 0.0334 e. The van der Waals surface area contributed by atoms with E-state index in [9.17, 15) is 0 Å². The van der Waals surface area contributed by atoms with Crippen LogP contribution in [0, 0.1) is 5.92 Å². The van der Waals surface area contributed by atoms with Crippen LogP contribution in [0.15, 0.2) is 16.8 Å². The molecule has 1 spiro atoms. The minimum atomic E-state index is 0.486. The molecule has 1 N–H and O–H groups in total. The number of hydrogen-bond acceptors (Lipinski definition) is 3. The lowest BCUT2D eigenvalue weighted by Gasteiger charge is -2.52. The van der Waals surface area contributed by atoms with Crippen molar-refractivity contribution in [2.45, 2.75) is 62.9 Å². The summed E-state index contributed by atoms with van der Waals surface area (Å²) in [7, 11) is 0. The summed E-state index contributed by atoms with van der Waals surface area (Å²) in [6.07, 6.45) is 11.3. The molecule has 3 fully saturated rings. The first kappa shape index (κ1) is 14.2. The highest BCUT2D eigenvalue weighted by Gasteiger charge is 2.45. The number of hydrogen-bond donors (Lipinski definition) is 1. The Hall–Kier alpha value is -0.380. The van der Waals surface area contributed by atoms with E-state index in [1.165, 1.54) is 76.6 Å². The molecule has 0 bridgehead atoms. The van der Waals surface area contributed by atoms with Crippen molar-refractivity contribution in [3.8, 4) is 0 Å². The van der Waals surface area contributed by atoms with Gasteiger partial charge in [0.05, 0.1) is 0 Å². The molecule has 1 aromatic rings. The van der Waals surface area contributed by atoms with Crippen LogP contribution in [0.1, 0.15) is 50.5 Å². The quantitative estimate of drug-likeness (QED) is 0.913. The van der Waals surface area contributed by atoms with E-state index in [2.05, 4.69) is 27.0 Å². The van der Waals surface area contributed by atoms with Gasteiger partial charge in [-0.2, -0.15) is 11.3 Å². The van der Waals surface area contributed by atoms with E-state index in [1.54, 1.807) is 0 Å². The standard InChI is InChI=1S/C18H28N2S/c1-2-8-18(9-3-1)14-19-17(16-4-5-16)12-20(18)10-6-15-7-11-21-13-15/h7,11,13,16-17,19H,1-6,8-10,12,14H2. The molecule has 2 nitrogen and oxygen atoms in total. The third kappa shape index (κ3) is 3.06. The maximum Gasteiger partial charge on any atom is 0.0334 e. The van der Waals surface area contributed by atoms with Crippen LogP contribution >= 0.6 is 11.3 Å². The number of nitrogens with one attached hydrogen (secondary N) is 1. The molecule has 1 atom stereocenters. The normalized spacial score (nSPS) is 29.8. The summed E-state index contributed by atoms with van der Waals surface area (Å²) in [5.41, 5.74) is 2.02. The van der Waals surface area contributed by atoms with Crippen LogP contribution in [0.3, 0.4) is 0 Å². The van der Waals surface area contributed by atoms with Crippen LogP contribution in [0.4, 0.5) is 0 Å². The molecular weight excluding hydrogens is 276 g/mol.